The quantitative estimate of drug-likeness (QED) is 0.891. The highest BCUT2D eigenvalue weighted by molar-refractivity contribution is 7.20. The lowest BCUT2D eigenvalue weighted by Crippen LogP contribution is -2.54. The summed E-state index contributed by atoms with van der Waals surface area (Å²) in [6.45, 7) is 0.583. The average molecular weight is 260 g/mol. The predicted molar refractivity (Wildman–Crippen MR) is 74.9 cm³/mol. The molecule has 0 bridgehead atoms. The second-order valence-corrected chi connectivity index (χ2v) is 6.13. The van der Waals surface area contributed by atoms with Crippen LogP contribution in [0.1, 0.15) is 28.9 Å². The number of carbonyl (C=O) groups is 1. The largest absolute Gasteiger partial charge is 0.349 e. The van der Waals surface area contributed by atoms with Gasteiger partial charge >= 0.3 is 0 Å². The van der Waals surface area contributed by atoms with Gasteiger partial charge in [0.25, 0.3) is 5.91 Å². The minimum atomic E-state index is -0.160. The van der Waals surface area contributed by atoms with Crippen LogP contribution in [-0.2, 0) is 0 Å². The highest BCUT2D eigenvalue weighted by atomic mass is 32.1. The average Bonchev–Trinajstić information content (AvgIpc) is 2.77. The molecule has 1 amide bonds. The molecule has 0 saturated heterocycles. The molecule has 3 rings (SSSR count). The van der Waals surface area contributed by atoms with Crippen LogP contribution < -0.4 is 11.1 Å². The van der Waals surface area contributed by atoms with E-state index in [0.29, 0.717) is 6.54 Å². The van der Waals surface area contributed by atoms with Crippen LogP contribution in [0, 0.1) is 0 Å². The first kappa shape index (κ1) is 11.7. The minimum Gasteiger partial charge on any atom is -0.349 e. The van der Waals surface area contributed by atoms with E-state index in [1.807, 2.05) is 30.3 Å². The van der Waals surface area contributed by atoms with Crippen LogP contribution in [0.25, 0.3) is 10.1 Å². The van der Waals surface area contributed by atoms with Gasteiger partial charge in [-0.1, -0.05) is 18.2 Å². The third-order valence-electron chi connectivity index (χ3n) is 3.60. The minimum absolute atomic E-state index is 0.00655. The summed E-state index contributed by atoms with van der Waals surface area (Å²) in [6, 6.07) is 9.98. The maximum Gasteiger partial charge on any atom is 0.261 e. The molecule has 1 heterocycles. The molecule has 0 spiro atoms. The maximum absolute atomic E-state index is 12.0. The monoisotopic (exact) mass is 260 g/mol. The van der Waals surface area contributed by atoms with Gasteiger partial charge in [0, 0.05) is 16.8 Å². The topological polar surface area (TPSA) is 55.1 Å². The summed E-state index contributed by atoms with van der Waals surface area (Å²) in [5, 5.41) is 4.07. The number of benzene rings is 1. The Morgan fingerprint density at radius 3 is 2.83 bits per heavy atom. The molecule has 1 aromatic heterocycles. The first-order chi connectivity index (χ1) is 8.66. The van der Waals surface area contributed by atoms with Crippen LogP contribution in [0.15, 0.2) is 30.3 Å². The lowest BCUT2D eigenvalue weighted by Gasteiger charge is -2.38. The van der Waals surface area contributed by atoms with Gasteiger partial charge in [-0.25, -0.2) is 0 Å². The summed E-state index contributed by atoms with van der Waals surface area (Å²) in [6.07, 6.45) is 3.20. The zero-order chi connectivity index (χ0) is 12.6. The molecule has 18 heavy (non-hydrogen) atoms. The molecule has 1 aliphatic rings. The number of nitrogens with one attached hydrogen (secondary N) is 1. The summed E-state index contributed by atoms with van der Waals surface area (Å²) in [5.74, 6) is -0.00655. The Morgan fingerprint density at radius 2 is 2.17 bits per heavy atom. The van der Waals surface area contributed by atoms with Crippen LogP contribution in [-0.4, -0.2) is 18.0 Å². The highest BCUT2D eigenvalue weighted by Gasteiger charge is 2.32. The van der Waals surface area contributed by atoms with Crippen molar-refractivity contribution < 1.29 is 4.79 Å². The molecule has 0 unspecified atom stereocenters. The molecule has 4 heteroatoms. The van der Waals surface area contributed by atoms with E-state index in [1.165, 1.54) is 17.8 Å². The van der Waals surface area contributed by atoms with Crippen molar-refractivity contribution in [3.8, 4) is 0 Å². The van der Waals surface area contributed by atoms with E-state index in [1.54, 1.807) is 0 Å². The third-order valence-corrected chi connectivity index (χ3v) is 4.71. The third kappa shape index (κ3) is 2.13. The van der Waals surface area contributed by atoms with E-state index in [9.17, 15) is 4.79 Å². The van der Waals surface area contributed by atoms with Crippen molar-refractivity contribution in [3.05, 3.63) is 35.2 Å². The van der Waals surface area contributed by atoms with Gasteiger partial charge in [0.2, 0.25) is 0 Å². The van der Waals surface area contributed by atoms with Crippen molar-refractivity contribution in [3.63, 3.8) is 0 Å². The predicted octanol–water partition coefficient (Wildman–Crippen LogP) is 2.51. The van der Waals surface area contributed by atoms with Gasteiger partial charge in [-0.05, 0) is 36.8 Å². The lowest BCUT2D eigenvalue weighted by atomic mass is 9.78. The van der Waals surface area contributed by atoms with E-state index in [-0.39, 0.29) is 11.4 Å². The molecule has 94 valence electrons. The van der Waals surface area contributed by atoms with E-state index >= 15 is 0 Å². The van der Waals surface area contributed by atoms with Crippen LogP contribution in [0.2, 0.25) is 0 Å². The molecular formula is C14H16N2OS. The van der Waals surface area contributed by atoms with E-state index in [2.05, 4.69) is 5.32 Å². The van der Waals surface area contributed by atoms with Gasteiger partial charge in [0.15, 0.2) is 0 Å². The molecule has 3 N–H and O–H groups in total. The number of nitrogens with two attached hydrogens (primary N) is 1. The number of rotatable bonds is 3. The molecule has 2 aromatic rings. The Hall–Kier alpha value is -1.39. The van der Waals surface area contributed by atoms with Crippen molar-refractivity contribution in [2.75, 3.05) is 6.54 Å². The number of amides is 1. The molecule has 1 saturated carbocycles. The molecule has 3 nitrogen and oxygen atoms in total. The fourth-order valence-corrected chi connectivity index (χ4v) is 3.22. The summed E-state index contributed by atoms with van der Waals surface area (Å²) >= 11 is 1.53. The van der Waals surface area contributed by atoms with Gasteiger partial charge in [0.1, 0.15) is 0 Å². The van der Waals surface area contributed by atoms with Crippen molar-refractivity contribution in [1.82, 2.24) is 5.32 Å². The van der Waals surface area contributed by atoms with Crippen LogP contribution in [0.5, 0.6) is 0 Å². The smallest absolute Gasteiger partial charge is 0.261 e. The van der Waals surface area contributed by atoms with Gasteiger partial charge < -0.3 is 11.1 Å². The van der Waals surface area contributed by atoms with Crippen molar-refractivity contribution in [2.45, 2.75) is 24.8 Å². The molecular weight excluding hydrogens is 244 g/mol. The second kappa shape index (κ2) is 4.37. The molecule has 1 aliphatic carbocycles. The molecule has 0 atom stereocenters. The lowest BCUT2D eigenvalue weighted by molar-refractivity contribution is 0.0934. The molecule has 1 aromatic carbocycles. The van der Waals surface area contributed by atoms with Crippen LogP contribution in [0.4, 0.5) is 0 Å². The zero-order valence-electron chi connectivity index (χ0n) is 10.1. The standard InChI is InChI=1S/C14H16N2OS/c15-14(6-3-7-14)9-16-13(17)12-8-10-4-1-2-5-11(10)18-12/h1-2,4-5,8H,3,6-7,9,15H2,(H,16,17). The second-order valence-electron chi connectivity index (χ2n) is 5.05. The molecule has 1 fully saturated rings. The Balaban J connectivity index is 1.71. The molecule has 0 radical (unpaired) electrons. The van der Waals surface area contributed by atoms with E-state index < -0.39 is 0 Å². The van der Waals surface area contributed by atoms with Gasteiger partial charge in [0.05, 0.1) is 4.88 Å². The number of thiophene rings is 1. The number of carbonyl (C=O) groups excluding carboxylic acids is 1. The maximum atomic E-state index is 12.0. The van der Waals surface area contributed by atoms with Crippen molar-refractivity contribution in [1.29, 1.82) is 0 Å². The fraction of sp³-hybridized carbons (Fsp3) is 0.357. The summed E-state index contributed by atoms with van der Waals surface area (Å²) < 4.78 is 1.15. The molecule has 0 aliphatic heterocycles. The Kier molecular flexibility index (Phi) is 2.84. The zero-order valence-corrected chi connectivity index (χ0v) is 10.9. The highest BCUT2D eigenvalue weighted by Crippen LogP contribution is 2.29. The summed E-state index contributed by atoms with van der Waals surface area (Å²) in [4.78, 5) is 12.8. The van der Waals surface area contributed by atoms with Gasteiger partial charge in [-0.3, -0.25) is 4.79 Å². The Bertz CT molecular complexity index is 553. The van der Waals surface area contributed by atoms with Crippen molar-refractivity contribution >= 4 is 27.3 Å². The van der Waals surface area contributed by atoms with Crippen LogP contribution >= 0.6 is 11.3 Å². The number of fused-ring (bicyclic) bond motifs is 1. The Morgan fingerprint density at radius 1 is 1.39 bits per heavy atom. The van der Waals surface area contributed by atoms with E-state index in [4.69, 9.17) is 5.73 Å². The fourth-order valence-electron chi connectivity index (χ4n) is 2.24. The first-order valence-corrected chi connectivity index (χ1v) is 7.04. The van der Waals surface area contributed by atoms with E-state index in [0.717, 1.165) is 27.8 Å². The Labute approximate surface area is 110 Å². The first-order valence-electron chi connectivity index (χ1n) is 6.22. The number of hydrogen-bond donors (Lipinski definition) is 2. The van der Waals surface area contributed by atoms with Gasteiger partial charge in [-0.15, -0.1) is 11.3 Å². The SMILES string of the molecule is NC1(CNC(=O)c2cc3ccccc3s2)CCC1. The number of hydrogen-bond acceptors (Lipinski definition) is 3. The normalized spacial score (nSPS) is 17.4. The summed E-state index contributed by atoms with van der Waals surface area (Å²) in [7, 11) is 0. The van der Waals surface area contributed by atoms with Crippen molar-refractivity contribution in [2.24, 2.45) is 5.73 Å². The van der Waals surface area contributed by atoms with Crippen LogP contribution in [0.3, 0.4) is 0 Å². The summed E-state index contributed by atoms with van der Waals surface area (Å²) in [5.41, 5.74) is 5.93. The van der Waals surface area contributed by atoms with Gasteiger partial charge in [-0.2, -0.15) is 0 Å².